The third-order valence-electron chi connectivity index (χ3n) is 1.90. The summed E-state index contributed by atoms with van der Waals surface area (Å²) in [6.07, 6.45) is 2.33. The molecule has 0 atom stereocenters. The van der Waals surface area contributed by atoms with Crippen molar-refractivity contribution in [2.75, 3.05) is 0 Å². The fourth-order valence-electron chi connectivity index (χ4n) is 1.24. The summed E-state index contributed by atoms with van der Waals surface area (Å²) in [6, 6.07) is 3.57. The van der Waals surface area contributed by atoms with Crippen LogP contribution in [0.2, 0.25) is 0 Å². The minimum atomic E-state index is 0.423. The second-order valence-corrected chi connectivity index (χ2v) is 3.87. The number of aryl methyl sites for hydroxylation is 1. The Morgan fingerprint density at radius 3 is 3.00 bits per heavy atom. The Bertz CT molecular complexity index is 547. The number of thiazole rings is 1. The van der Waals surface area contributed by atoms with Gasteiger partial charge in [-0.05, 0) is 13.0 Å². The molecule has 74 valence electrons. The number of hydrogen-bond acceptors (Lipinski definition) is 4. The lowest BCUT2D eigenvalue weighted by Crippen LogP contribution is -1.94. The summed E-state index contributed by atoms with van der Waals surface area (Å²) < 4.78 is 1.63. The van der Waals surface area contributed by atoms with Crippen molar-refractivity contribution in [2.45, 2.75) is 6.92 Å². The predicted octanol–water partition coefficient (Wildman–Crippen LogP) is 1.93. The Morgan fingerprint density at radius 2 is 2.47 bits per heavy atom. The molecule has 2 aromatic heterocycles. The van der Waals surface area contributed by atoms with Gasteiger partial charge in [-0.15, -0.1) is 11.3 Å². The molecule has 0 aliphatic rings. The van der Waals surface area contributed by atoms with Gasteiger partial charge in [0.2, 0.25) is 0 Å². The summed E-state index contributed by atoms with van der Waals surface area (Å²) in [5, 5.41) is 11.5. The maximum atomic E-state index is 10.6. The van der Waals surface area contributed by atoms with Crippen molar-refractivity contribution in [3.8, 4) is 11.2 Å². The molecule has 0 saturated carbocycles. The topological polar surface area (TPSA) is 58.7 Å². The first kappa shape index (κ1) is 9.62. The Balaban J connectivity index is 2.57. The van der Waals surface area contributed by atoms with Gasteiger partial charge in [0.05, 0.1) is 5.69 Å². The second-order valence-electron chi connectivity index (χ2n) is 3.03. The number of carbonyl (C=O) groups excluding carboxylic acids is 1. The molecule has 4 nitrogen and oxygen atoms in total. The lowest BCUT2D eigenvalue weighted by molar-refractivity contribution is 0.112. The fraction of sp³-hybridized carbons (Fsp3) is 0.100. The molecule has 0 N–H and O–H groups in total. The number of aldehydes is 1. The molecule has 0 bridgehead atoms. The van der Waals surface area contributed by atoms with Crippen LogP contribution in [0.5, 0.6) is 0 Å². The highest BCUT2D eigenvalue weighted by Gasteiger charge is 2.09. The first-order valence-corrected chi connectivity index (χ1v) is 5.12. The van der Waals surface area contributed by atoms with Gasteiger partial charge in [0.1, 0.15) is 11.8 Å². The number of rotatable bonds is 2. The summed E-state index contributed by atoms with van der Waals surface area (Å²) >= 11 is 1.44. The number of nitrogens with zero attached hydrogens (tertiary/aromatic N) is 3. The average molecular weight is 217 g/mol. The Kier molecular flexibility index (Phi) is 2.35. The molecule has 2 rings (SSSR count). The molecular weight excluding hydrogens is 210 g/mol. The van der Waals surface area contributed by atoms with Gasteiger partial charge in [0.15, 0.2) is 11.4 Å². The fourth-order valence-corrected chi connectivity index (χ4v) is 2.03. The Labute approximate surface area is 90.4 Å². The summed E-state index contributed by atoms with van der Waals surface area (Å²) in [5.41, 5.74) is 1.81. The van der Waals surface area contributed by atoms with Crippen molar-refractivity contribution in [1.29, 1.82) is 5.26 Å². The normalized spacial score (nSPS) is 9.87. The van der Waals surface area contributed by atoms with Crippen LogP contribution < -0.4 is 0 Å². The van der Waals surface area contributed by atoms with Crippen LogP contribution in [0.4, 0.5) is 0 Å². The first-order valence-electron chi connectivity index (χ1n) is 4.25. The Morgan fingerprint density at radius 1 is 1.67 bits per heavy atom. The maximum absolute atomic E-state index is 10.6. The molecule has 2 heterocycles. The highest BCUT2D eigenvalue weighted by atomic mass is 32.1. The van der Waals surface area contributed by atoms with Crippen LogP contribution in [0.15, 0.2) is 17.6 Å². The number of aromatic nitrogens is 2. The van der Waals surface area contributed by atoms with Crippen molar-refractivity contribution in [3.05, 3.63) is 34.6 Å². The van der Waals surface area contributed by atoms with Gasteiger partial charge in [0, 0.05) is 17.1 Å². The molecule has 0 fully saturated rings. The van der Waals surface area contributed by atoms with Gasteiger partial charge >= 0.3 is 0 Å². The van der Waals surface area contributed by atoms with Crippen LogP contribution in [-0.4, -0.2) is 15.8 Å². The molecule has 0 spiro atoms. The minimum absolute atomic E-state index is 0.423. The lowest BCUT2D eigenvalue weighted by atomic mass is 10.3. The summed E-state index contributed by atoms with van der Waals surface area (Å²) in [5.74, 6) is 0. The van der Waals surface area contributed by atoms with E-state index >= 15 is 0 Å². The zero-order valence-electron chi connectivity index (χ0n) is 7.97. The van der Waals surface area contributed by atoms with Gasteiger partial charge in [0.25, 0.3) is 0 Å². The third-order valence-corrected chi connectivity index (χ3v) is 2.86. The van der Waals surface area contributed by atoms with E-state index in [2.05, 4.69) is 4.98 Å². The van der Waals surface area contributed by atoms with Crippen molar-refractivity contribution in [3.63, 3.8) is 0 Å². The van der Waals surface area contributed by atoms with Crippen molar-refractivity contribution in [2.24, 2.45) is 0 Å². The SMILES string of the molecule is Cc1csc(-n2cc(C=O)cc2C#N)n1. The average Bonchev–Trinajstić information content (AvgIpc) is 2.82. The smallest absolute Gasteiger partial charge is 0.194 e. The molecule has 0 aliphatic carbocycles. The van der Waals surface area contributed by atoms with Gasteiger partial charge in [-0.25, -0.2) is 4.98 Å². The monoisotopic (exact) mass is 217 g/mol. The van der Waals surface area contributed by atoms with Crippen molar-refractivity contribution < 1.29 is 4.79 Å². The van der Waals surface area contributed by atoms with Crippen LogP contribution in [0.25, 0.3) is 5.13 Å². The van der Waals surface area contributed by atoms with E-state index in [9.17, 15) is 4.79 Å². The van der Waals surface area contributed by atoms with E-state index in [1.165, 1.54) is 11.3 Å². The zero-order chi connectivity index (χ0) is 10.8. The largest absolute Gasteiger partial charge is 0.298 e. The quantitative estimate of drug-likeness (QED) is 0.722. The first-order chi connectivity index (χ1) is 7.24. The van der Waals surface area contributed by atoms with E-state index in [1.54, 1.807) is 16.8 Å². The van der Waals surface area contributed by atoms with Crippen LogP contribution in [0, 0.1) is 18.3 Å². The molecule has 0 aliphatic heterocycles. The van der Waals surface area contributed by atoms with Gasteiger partial charge in [-0.3, -0.25) is 9.36 Å². The molecule has 15 heavy (non-hydrogen) atoms. The highest BCUT2D eigenvalue weighted by molar-refractivity contribution is 7.12. The van der Waals surface area contributed by atoms with Crippen LogP contribution in [-0.2, 0) is 0 Å². The predicted molar refractivity (Wildman–Crippen MR) is 56.3 cm³/mol. The summed E-state index contributed by atoms with van der Waals surface area (Å²) in [7, 11) is 0. The van der Waals surface area contributed by atoms with Crippen molar-refractivity contribution >= 4 is 17.6 Å². The molecule has 2 aromatic rings. The minimum Gasteiger partial charge on any atom is -0.298 e. The van der Waals surface area contributed by atoms with Crippen LogP contribution in [0.1, 0.15) is 21.7 Å². The van der Waals surface area contributed by atoms with E-state index in [0.717, 1.165) is 12.0 Å². The summed E-state index contributed by atoms with van der Waals surface area (Å²) in [4.78, 5) is 14.8. The number of carbonyl (C=O) groups is 1. The molecule has 5 heteroatoms. The molecule has 0 aromatic carbocycles. The third kappa shape index (κ3) is 1.67. The molecular formula is C10H7N3OS. The molecule has 0 radical (unpaired) electrons. The number of hydrogen-bond donors (Lipinski definition) is 0. The van der Waals surface area contributed by atoms with Gasteiger partial charge < -0.3 is 0 Å². The van der Waals surface area contributed by atoms with E-state index in [4.69, 9.17) is 5.26 Å². The Hall–Kier alpha value is -1.93. The zero-order valence-corrected chi connectivity index (χ0v) is 8.78. The highest BCUT2D eigenvalue weighted by Crippen LogP contribution is 2.18. The van der Waals surface area contributed by atoms with E-state index < -0.39 is 0 Å². The number of nitriles is 1. The van der Waals surface area contributed by atoms with Gasteiger partial charge in [-0.1, -0.05) is 0 Å². The summed E-state index contributed by atoms with van der Waals surface area (Å²) in [6.45, 7) is 1.89. The molecule has 0 saturated heterocycles. The standard InChI is InChI=1S/C10H7N3OS/c1-7-6-15-10(12-7)13-4-8(5-14)2-9(13)3-11/h2,4-6H,1H3. The van der Waals surface area contributed by atoms with Crippen molar-refractivity contribution in [1.82, 2.24) is 9.55 Å². The lowest BCUT2D eigenvalue weighted by Gasteiger charge is -1.96. The maximum Gasteiger partial charge on any atom is 0.194 e. The van der Waals surface area contributed by atoms with E-state index in [-0.39, 0.29) is 0 Å². The molecule has 0 unspecified atom stereocenters. The molecule has 0 amide bonds. The van der Waals surface area contributed by atoms with Crippen LogP contribution >= 0.6 is 11.3 Å². The van der Waals surface area contributed by atoms with Crippen LogP contribution in [0.3, 0.4) is 0 Å². The van der Waals surface area contributed by atoms with Gasteiger partial charge in [-0.2, -0.15) is 5.26 Å². The van der Waals surface area contributed by atoms with E-state index in [0.29, 0.717) is 16.4 Å². The second kappa shape index (κ2) is 3.67. The van der Waals surface area contributed by atoms with E-state index in [1.807, 2.05) is 18.4 Å².